The van der Waals surface area contributed by atoms with Crippen LogP contribution < -0.4 is 16.0 Å². The summed E-state index contributed by atoms with van der Waals surface area (Å²) in [5.74, 6) is -7.24. The van der Waals surface area contributed by atoms with Gasteiger partial charge in [-0.2, -0.15) is 0 Å². The fraction of sp³-hybridized carbons (Fsp3) is 0.176. The summed E-state index contributed by atoms with van der Waals surface area (Å²) in [5.41, 5.74) is -0.583. The number of carbonyl (C=O) groups is 3. The van der Waals surface area contributed by atoms with Gasteiger partial charge in [-0.1, -0.05) is 6.08 Å². The smallest absolute Gasteiger partial charge is 0.358 e. The predicted molar refractivity (Wildman–Crippen MR) is 99.0 cm³/mol. The molecule has 0 fully saturated rings. The van der Waals surface area contributed by atoms with E-state index >= 15 is 0 Å². The van der Waals surface area contributed by atoms with Crippen molar-refractivity contribution in [2.45, 2.75) is 0 Å². The first-order valence-electron chi connectivity index (χ1n) is 7.99. The van der Waals surface area contributed by atoms with Gasteiger partial charge in [0, 0.05) is 11.9 Å². The van der Waals surface area contributed by atoms with Crippen molar-refractivity contribution < 1.29 is 32.3 Å². The van der Waals surface area contributed by atoms with Crippen molar-refractivity contribution in [3.8, 4) is 0 Å². The number of nitrogens with one attached hydrogen (secondary N) is 3. The standard InChI is InChI=1S/C17H15F3N4O4S/c1-2-5-21-17-24-11(8-29-17)16(27)28-7-13(26)22-6-12(25)23-10-4-3-9(18)14(19)15(10)20/h2-4,8H,1,5-7H2,(H,21,24)(H,22,26)(H,23,25). The Balaban J connectivity index is 1.76. The second-order valence-corrected chi connectivity index (χ2v) is 6.19. The van der Waals surface area contributed by atoms with Crippen LogP contribution in [0.1, 0.15) is 10.5 Å². The first-order chi connectivity index (χ1) is 13.8. The highest BCUT2D eigenvalue weighted by Gasteiger charge is 2.17. The zero-order valence-electron chi connectivity index (χ0n) is 14.8. The third-order valence-electron chi connectivity index (χ3n) is 3.20. The Morgan fingerprint density at radius 3 is 2.66 bits per heavy atom. The average Bonchev–Trinajstić information content (AvgIpc) is 3.18. The number of benzene rings is 1. The minimum Gasteiger partial charge on any atom is -0.451 e. The van der Waals surface area contributed by atoms with Crippen molar-refractivity contribution in [3.05, 3.63) is 53.3 Å². The topological polar surface area (TPSA) is 109 Å². The highest BCUT2D eigenvalue weighted by atomic mass is 32.1. The number of esters is 1. The molecule has 0 bridgehead atoms. The Kier molecular flexibility index (Phi) is 7.71. The maximum atomic E-state index is 13.5. The molecule has 2 amide bonds. The van der Waals surface area contributed by atoms with Crippen LogP contribution >= 0.6 is 11.3 Å². The Morgan fingerprint density at radius 1 is 1.17 bits per heavy atom. The number of ether oxygens (including phenoxy) is 1. The molecule has 1 aromatic heterocycles. The summed E-state index contributed by atoms with van der Waals surface area (Å²) in [4.78, 5) is 39.1. The fourth-order valence-corrected chi connectivity index (χ4v) is 2.55. The van der Waals surface area contributed by atoms with E-state index in [2.05, 4.69) is 22.2 Å². The molecule has 2 aromatic rings. The first-order valence-corrected chi connectivity index (χ1v) is 8.87. The van der Waals surface area contributed by atoms with Crippen LogP contribution in [0.4, 0.5) is 24.0 Å². The van der Waals surface area contributed by atoms with Gasteiger partial charge in [0.25, 0.3) is 5.91 Å². The van der Waals surface area contributed by atoms with E-state index in [-0.39, 0.29) is 5.69 Å². The fourth-order valence-electron chi connectivity index (χ4n) is 1.86. The lowest BCUT2D eigenvalue weighted by Crippen LogP contribution is -2.35. The largest absolute Gasteiger partial charge is 0.451 e. The van der Waals surface area contributed by atoms with Gasteiger partial charge in [0.1, 0.15) is 0 Å². The molecule has 0 aliphatic carbocycles. The highest BCUT2D eigenvalue weighted by Crippen LogP contribution is 2.19. The van der Waals surface area contributed by atoms with Crippen molar-refractivity contribution in [1.29, 1.82) is 0 Å². The molecule has 0 unspecified atom stereocenters. The number of hydrogen-bond acceptors (Lipinski definition) is 7. The zero-order valence-corrected chi connectivity index (χ0v) is 15.6. The molecule has 12 heteroatoms. The second kappa shape index (κ2) is 10.2. The molecule has 0 aliphatic rings. The number of carbonyl (C=O) groups excluding carboxylic acids is 3. The molecule has 154 valence electrons. The molecule has 1 aromatic carbocycles. The van der Waals surface area contributed by atoms with Crippen LogP contribution in [-0.4, -0.2) is 42.5 Å². The van der Waals surface area contributed by atoms with E-state index in [0.29, 0.717) is 17.7 Å². The quantitative estimate of drug-likeness (QED) is 0.321. The monoisotopic (exact) mass is 428 g/mol. The Bertz CT molecular complexity index is 935. The van der Waals surface area contributed by atoms with Crippen molar-refractivity contribution >= 4 is 39.9 Å². The minimum absolute atomic E-state index is 0.000849. The molecule has 1 heterocycles. The average molecular weight is 428 g/mol. The summed E-state index contributed by atoms with van der Waals surface area (Å²) in [6, 6.07) is 1.48. The van der Waals surface area contributed by atoms with E-state index in [0.717, 1.165) is 6.07 Å². The third kappa shape index (κ3) is 6.31. The van der Waals surface area contributed by atoms with Gasteiger partial charge in [0.05, 0.1) is 12.2 Å². The Labute approximate surface area is 166 Å². The van der Waals surface area contributed by atoms with Crippen LogP contribution in [0.15, 0.2) is 30.2 Å². The lowest BCUT2D eigenvalue weighted by Gasteiger charge is -2.08. The van der Waals surface area contributed by atoms with Crippen molar-refractivity contribution in [2.24, 2.45) is 0 Å². The van der Waals surface area contributed by atoms with E-state index in [4.69, 9.17) is 4.74 Å². The molecule has 0 radical (unpaired) electrons. The number of anilines is 2. The summed E-state index contributed by atoms with van der Waals surface area (Å²) >= 11 is 1.17. The van der Waals surface area contributed by atoms with Gasteiger partial charge in [-0.05, 0) is 12.1 Å². The summed E-state index contributed by atoms with van der Waals surface area (Å²) in [7, 11) is 0. The Hall–Kier alpha value is -3.41. The van der Waals surface area contributed by atoms with Crippen molar-refractivity contribution in [2.75, 3.05) is 30.3 Å². The maximum absolute atomic E-state index is 13.5. The molecular formula is C17H15F3N4O4S. The number of nitrogens with zero attached hydrogens (tertiary/aromatic N) is 1. The van der Waals surface area contributed by atoms with Crippen LogP contribution in [0, 0.1) is 17.5 Å². The summed E-state index contributed by atoms with van der Waals surface area (Å²) in [6.45, 7) is 2.70. The van der Waals surface area contributed by atoms with Gasteiger partial charge in [-0.3, -0.25) is 9.59 Å². The van der Waals surface area contributed by atoms with Gasteiger partial charge < -0.3 is 20.7 Å². The normalized spacial score (nSPS) is 10.2. The molecule has 2 rings (SSSR count). The predicted octanol–water partition coefficient (Wildman–Crippen LogP) is 2.07. The van der Waals surface area contributed by atoms with E-state index in [1.807, 2.05) is 5.32 Å². The number of halogens is 3. The number of thiazole rings is 1. The van der Waals surface area contributed by atoms with E-state index in [9.17, 15) is 27.6 Å². The number of aromatic nitrogens is 1. The Morgan fingerprint density at radius 2 is 1.93 bits per heavy atom. The van der Waals surface area contributed by atoms with Crippen LogP contribution in [0.5, 0.6) is 0 Å². The molecule has 0 spiro atoms. The van der Waals surface area contributed by atoms with Crippen molar-refractivity contribution in [3.63, 3.8) is 0 Å². The highest BCUT2D eigenvalue weighted by molar-refractivity contribution is 7.13. The summed E-state index contributed by atoms with van der Waals surface area (Å²) < 4.78 is 44.2. The number of hydrogen-bond donors (Lipinski definition) is 3. The van der Waals surface area contributed by atoms with Gasteiger partial charge >= 0.3 is 5.97 Å². The zero-order chi connectivity index (χ0) is 21.4. The van der Waals surface area contributed by atoms with Crippen LogP contribution in [0.2, 0.25) is 0 Å². The molecule has 0 aliphatic heterocycles. The van der Waals surface area contributed by atoms with E-state index in [1.165, 1.54) is 16.7 Å². The molecular weight excluding hydrogens is 413 g/mol. The van der Waals surface area contributed by atoms with Crippen LogP contribution in [-0.2, 0) is 14.3 Å². The van der Waals surface area contributed by atoms with Gasteiger partial charge in [-0.15, -0.1) is 17.9 Å². The van der Waals surface area contributed by atoms with E-state index < -0.39 is 54.1 Å². The maximum Gasteiger partial charge on any atom is 0.358 e. The number of amides is 2. The molecule has 0 atom stereocenters. The summed E-state index contributed by atoms with van der Waals surface area (Å²) in [5, 5.41) is 8.91. The van der Waals surface area contributed by atoms with Crippen LogP contribution in [0.25, 0.3) is 0 Å². The molecule has 0 saturated carbocycles. The molecule has 8 nitrogen and oxygen atoms in total. The first kappa shape index (κ1) is 21.9. The van der Waals surface area contributed by atoms with Gasteiger partial charge in [-0.25, -0.2) is 22.9 Å². The lowest BCUT2D eigenvalue weighted by molar-refractivity contribution is -0.126. The van der Waals surface area contributed by atoms with E-state index in [1.54, 1.807) is 6.08 Å². The lowest BCUT2D eigenvalue weighted by atomic mass is 10.2. The molecule has 3 N–H and O–H groups in total. The van der Waals surface area contributed by atoms with Crippen molar-refractivity contribution in [1.82, 2.24) is 10.3 Å². The third-order valence-corrected chi connectivity index (χ3v) is 4.00. The van der Waals surface area contributed by atoms with Crippen LogP contribution in [0.3, 0.4) is 0 Å². The SMILES string of the molecule is C=CCNc1nc(C(=O)OCC(=O)NCC(=O)Nc2ccc(F)c(F)c2F)cs1. The summed E-state index contributed by atoms with van der Waals surface area (Å²) in [6.07, 6.45) is 1.61. The molecule has 29 heavy (non-hydrogen) atoms. The van der Waals surface area contributed by atoms with Gasteiger partial charge in [0.2, 0.25) is 5.91 Å². The number of rotatable bonds is 9. The molecule has 0 saturated heterocycles. The van der Waals surface area contributed by atoms with Gasteiger partial charge in [0.15, 0.2) is 34.9 Å². The minimum atomic E-state index is -1.73. The second-order valence-electron chi connectivity index (χ2n) is 5.33.